The second-order valence-electron chi connectivity index (χ2n) is 4.97. The third-order valence-electron chi connectivity index (χ3n) is 3.38. The van der Waals surface area contributed by atoms with Gasteiger partial charge in [-0.1, -0.05) is 13.8 Å². The van der Waals surface area contributed by atoms with Crippen molar-refractivity contribution in [2.45, 2.75) is 32.9 Å². The topological polar surface area (TPSA) is 28.2 Å². The van der Waals surface area contributed by atoms with Gasteiger partial charge in [-0.05, 0) is 25.0 Å². The highest BCUT2D eigenvalue weighted by molar-refractivity contribution is 5.45. The molecular weight excluding hydrogens is 198 g/mol. The van der Waals surface area contributed by atoms with Crippen LogP contribution in [0.2, 0.25) is 0 Å². The molecular formula is C13H21N3. The molecule has 0 spiro atoms. The zero-order valence-electron chi connectivity index (χ0n) is 10.4. The molecule has 1 aromatic rings. The third-order valence-corrected chi connectivity index (χ3v) is 3.38. The van der Waals surface area contributed by atoms with Crippen molar-refractivity contribution >= 4 is 5.69 Å². The van der Waals surface area contributed by atoms with Gasteiger partial charge in [0.1, 0.15) is 0 Å². The van der Waals surface area contributed by atoms with Crippen molar-refractivity contribution in [3.63, 3.8) is 0 Å². The third kappa shape index (κ3) is 2.35. The molecule has 1 N–H and O–H groups in total. The zero-order chi connectivity index (χ0) is 11.5. The van der Waals surface area contributed by atoms with Gasteiger partial charge < -0.3 is 10.2 Å². The highest BCUT2D eigenvalue weighted by Gasteiger charge is 2.26. The summed E-state index contributed by atoms with van der Waals surface area (Å²) in [5.74, 6) is 0.673. The van der Waals surface area contributed by atoms with Crippen LogP contribution in [-0.4, -0.2) is 30.2 Å². The van der Waals surface area contributed by atoms with Gasteiger partial charge in [-0.3, -0.25) is 4.98 Å². The van der Waals surface area contributed by atoms with Crippen molar-refractivity contribution in [1.82, 2.24) is 10.3 Å². The Hall–Kier alpha value is -1.09. The molecule has 3 heteroatoms. The van der Waals surface area contributed by atoms with E-state index in [0.29, 0.717) is 18.0 Å². The van der Waals surface area contributed by atoms with Gasteiger partial charge in [-0.2, -0.15) is 0 Å². The lowest BCUT2D eigenvalue weighted by Crippen LogP contribution is -2.57. The van der Waals surface area contributed by atoms with Gasteiger partial charge >= 0.3 is 0 Å². The molecule has 0 aromatic carbocycles. The molecule has 16 heavy (non-hydrogen) atoms. The van der Waals surface area contributed by atoms with Gasteiger partial charge in [0.15, 0.2) is 0 Å². The first-order valence-electron chi connectivity index (χ1n) is 6.08. The Morgan fingerprint density at radius 3 is 2.94 bits per heavy atom. The number of aromatic nitrogens is 1. The van der Waals surface area contributed by atoms with Crippen molar-refractivity contribution in [3.8, 4) is 0 Å². The number of hydrogen-bond donors (Lipinski definition) is 1. The number of nitrogens with one attached hydrogen (secondary N) is 1. The van der Waals surface area contributed by atoms with Crippen molar-refractivity contribution < 1.29 is 0 Å². The number of hydrogen-bond acceptors (Lipinski definition) is 3. The number of piperazine rings is 1. The molecule has 2 heterocycles. The maximum absolute atomic E-state index is 4.20. The average Bonchev–Trinajstić information content (AvgIpc) is 2.30. The summed E-state index contributed by atoms with van der Waals surface area (Å²) in [6.07, 6.45) is 3.79. The summed E-state index contributed by atoms with van der Waals surface area (Å²) in [5, 5.41) is 3.61. The van der Waals surface area contributed by atoms with Crippen molar-refractivity contribution in [3.05, 3.63) is 24.5 Å². The second-order valence-corrected chi connectivity index (χ2v) is 4.97. The molecule has 88 valence electrons. The molecule has 1 saturated heterocycles. The van der Waals surface area contributed by atoms with Crippen LogP contribution in [-0.2, 0) is 0 Å². The Kier molecular flexibility index (Phi) is 3.44. The van der Waals surface area contributed by atoms with E-state index < -0.39 is 0 Å². The average molecular weight is 219 g/mol. The minimum absolute atomic E-state index is 0.541. The van der Waals surface area contributed by atoms with Crippen LogP contribution in [0, 0.1) is 5.92 Å². The summed E-state index contributed by atoms with van der Waals surface area (Å²) in [6.45, 7) is 8.93. The smallest absolute Gasteiger partial charge is 0.0556 e. The lowest BCUT2D eigenvalue weighted by molar-refractivity contribution is 0.337. The molecule has 0 saturated carbocycles. The van der Waals surface area contributed by atoms with Crippen LogP contribution in [0.3, 0.4) is 0 Å². The number of pyridine rings is 1. The SMILES string of the molecule is CC(C)C1CN(c2cccnc2)C(C)CN1. The van der Waals surface area contributed by atoms with Crippen LogP contribution in [0.15, 0.2) is 24.5 Å². The molecule has 1 aliphatic heterocycles. The molecule has 1 fully saturated rings. The molecule has 2 rings (SSSR count). The first-order chi connectivity index (χ1) is 7.68. The maximum atomic E-state index is 4.20. The van der Waals surface area contributed by atoms with Crippen molar-refractivity contribution in [2.75, 3.05) is 18.0 Å². The van der Waals surface area contributed by atoms with Gasteiger partial charge in [0.25, 0.3) is 0 Å². The monoisotopic (exact) mass is 219 g/mol. The summed E-state index contributed by atoms with van der Waals surface area (Å²) in [6, 6.07) is 5.27. The highest BCUT2D eigenvalue weighted by Crippen LogP contribution is 2.20. The largest absolute Gasteiger partial charge is 0.365 e. The second kappa shape index (κ2) is 4.83. The van der Waals surface area contributed by atoms with Crippen LogP contribution in [0.1, 0.15) is 20.8 Å². The Morgan fingerprint density at radius 1 is 1.50 bits per heavy atom. The van der Waals surface area contributed by atoms with E-state index in [1.807, 2.05) is 18.5 Å². The fraction of sp³-hybridized carbons (Fsp3) is 0.615. The summed E-state index contributed by atoms with van der Waals surface area (Å²) in [5.41, 5.74) is 1.24. The van der Waals surface area contributed by atoms with E-state index in [-0.39, 0.29) is 0 Å². The van der Waals surface area contributed by atoms with Crippen LogP contribution in [0.5, 0.6) is 0 Å². The molecule has 0 amide bonds. The van der Waals surface area contributed by atoms with E-state index in [9.17, 15) is 0 Å². The number of rotatable bonds is 2. The summed E-state index contributed by atoms with van der Waals surface area (Å²) >= 11 is 0. The van der Waals surface area contributed by atoms with E-state index in [0.717, 1.165) is 13.1 Å². The molecule has 0 aliphatic carbocycles. The van der Waals surface area contributed by atoms with E-state index in [1.165, 1.54) is 5.69 Å². The van der Waals surface area contributed by atoms with Crippen LogP contribution in [0.4, 0.5) is 5.69 Å². The van der Waals surface area contributed by atoms with E-state index in [1.54, 1.807) is 0 Å². The molecule has 2 unspecified atom stereocenters. The lowest BCUT2D eigenvalue weighted by Gasteiger charge is -2.41. The van der Waals surface area contributed by atoms with Crippen LogP contribution >= 0.6 is 0 Å². The molecule has 3 nitrogen and oxygen atoms in total. The first kappa shape index (κ1) is 11.4. The molecule has 1 aliphatic rings. The minimum Gasteiger partial charge on any atom is -0.365 e. The van der Waals surface area contributed by atoms with Gasteiger partial charge in [0, 0.05) is 31.4 Å². The van der Waals surface area contributed by atoms with Gasteiger partial charge in [0.2, 0.25) is 0 Å². The van der Waals surface area contributed by atoms with Crippen LogP contribution < -0.4 is 10.2 Å². The fourth-order valence-electron chi connectivity index (χ4n) is 2.22. The fourth-order valence-corrected chi connectivity index (χ4v) is 2.22. The summed E-state index contributed by atoms with van der Waals surface area (Å²) in [7, 11) is 0. The van der Waals surface area contributed by atoms with Crippen LogP contribution in [0.25, 0.3) is 0 Å². The van der Waals surface area contributed by atoms with E-state index >= 15 is 0 Å². The van der Waals surface area contributed by atoms with Crippen molar-refractivity contribution in [1.29, 1.82) is 0 Å². The first-order valence-corrected chi connectivity index (χ1v) is 6.08. The Bertz CT molecular complexity index is 323. The minimum atomic E-state index is 0.541. The van der Waals surface area contributed by atoms with E-state index in [4.69, 9.17) is 0 Å². The van der Waals surface area contributed by atoms with Crippen molar-refractivity contribution in [2.24, 2.45) is 5.92 Å². The predicted molar refractivity (Wildman–Crippen MR) is 67.7 cm³/mol. The number of nitrogens with zero attached hydrogens (tertiary/aromatic N) is 2. The number of anilines is 1. The predicted octanol–water partition coefficient (Wildman–Crippen LogP) is 1.90. The quantitative estimate of drug-likeness (QED) is 0.823. The Balaban J connectivity index is 2.13. The van der Waals surface area contributed by atoms with Gasteiger partial charge in [0.05, 0.1) is 11.9 Å². The van der Waals surface area contributed by atoms with Gasteiger partial charge in [-0.15, -0.1) is 0 Å². The molecule has 2 atom stereocenters. The van der Waals surface area contributed by atoms with Gasteiger partial charge in [-0.25, -0.2) is 0 Å². The van der Waals surface area contributed by atoms with E-state index in [2.05, 4.69) is 42.0 Å². The lowest BCUT2D eigenvalue weighted by atomic mass is 9.99. The zero-order valence-corrected chi connectivity index (χ0v) is 10.4. The Labute approximate surface area is 97.9 Å². The maximum Gasteiger partial charge on any atom is 0.0556 e. The Morgan fingerprint density at radius 2 is 2.31 bits per heavy atom. The summed E-state index contributed by atoms with van der Waals surface area (Å²) < 4.78 is 0. The molecule has 0 radical (unpaired) electrons. The standard InChI is InChI=1S/C13H21N3/c1-10(2)13-9-16(11(3)7-15-13)12-5-4-6-14-8-12/h4-6,8,10-11,13,15H,7,9H2,1-3H3. The highest BCUT2D eigenvalue weighted by atomic mass is 15.2. The summed E-state index contributed by atoms with van der Waals surface area (Å²) in [4.78, 5) is 6.65. The molecule has 1 aromatic heterocycles. The normalized spacial score (nSPS) is 26.1. The molecule has 0 bridgehead atoms.